The molecule has 5 rings (SSSR count). The number of hydrogen-bond donors (Lipinski definition) is 2. The molecule has 0 saturated carbocycles. The molecule has 0 aliphatic heterocycles. The molecule has 0 unspecified atom stereocenters. The summed E-state index contributed by atoms with van der Waals surface area (Å²) in [4.78, 5) is 19.1. The van der Waals surface area contributed by atoms with Crippen LogP contribution < -0.4 is 5.32 Å². The zero-order valence-corrected chi connectivity index (χ0v) is 19.1. The van der Waals surface area contributed by atoms with Gasteiger partial charge in [0, 0.05) is 40.7 Å². The number of fused-ring (bicyclic) bond motifs is 1. The van der Waals surface area contributed by atoms with Crippen molar-refractivity contribution in [2.24, 2.45) is 0 Å². The van der Waals surface area contributed by atoms with E-state index in [4.69, 9.17) is 0 Å². The Bertz CT molecular complexity index is 1420. The fourth-order valence-electron chi connectivity index (χ4n) is 3.55. The lowest BCUT2D eigenvalue weighted by atomic mass is 10.1. The number of aryl methyl sites for hydroxylation is 1. The van der Waals surface area contributed by atoms with Crippen LogP contribution in [-0.4, -0.2) is 30.6 Å². The molecule has 3 aromatic heterocycles. The van der Waals surface area contributed by atoms with Gasteiger partial charge in [-0.15, -0.1) is 21.5 Å². The molecule has 32 heavy (non-hydrogen) atoms. The number of H-pyrrole nitrogens is 1. The minimum atomic E-state index is -0.124. The maximum Gasteiger partial charge on any atom is 0.223 e. The van der Waals surface area contributed by atoms with E-state index < -0.39 is 0 Å². The molecule has 0 aliphatic rings. The number of anilines is 1. The second-order valence-corrected chi connectivity index (χ2v) is 9.09. The molecule has 160 valence electrons. The Balaban J connectivity index is 1.54. The van der Waals surface area contributed by atoms with Gasteiger partial charge in [-0.1, -0.05) is 48.2 Å². The van der Waals surface area contributed by atoms with E-state index in [1.165, 1.54) is 18.3 Å². The zero-order chi connectivity index (χ0) is 22.1. The Hall–Kier alpha value is -3.43. The summed E-state index contributed by atoms with van der Waals surface area (Å²) in [6.45, 7) is 3.57. The standard InChI is InChI=1S/C23H20N6OS2/c1-14-7-3-6-10-20(14)29-21(18-11-24-19-9-5-4-8-17(18)19)27-28-23(29)32-13-16-12-31-22(26-16)25-15(2)30/h3-12,24H,13H2,1-2H3,(H,25,26,30). The number of rotatable bonds is 6. The lowest BCUT2D eigenvalue weighted by Crippen LogP contribution is -2.05. The van der Waals surface area contributed by atoms with Crippen LogP contribution in [0.1, 0.15) is 18.2 Å². The van der Waals surface area contributed by atoms with Crippen molar-refractivity contribution in [1.82, 2.24) is 24.7 Å². The van der Waals surface area contributed by atoms with Gasteiger partial charge in [0.15, 0.2) is 16.1 Å². The summed E-state index contributed by atoms with van der Waals surface area (Å²) in [5.41, 5.74) is 5.12. The highest BCUT2D eigenvalue weighted by molar-refractivity contribution is 7.98. The van der Waals surface area contributed by atoms with Crippen molar-refractivity contribution in [2.45, 2.75) is 24.8 Å². The first kappa shape index (κ1) is 20.5. The third kappa shape index (κ3) is 3.92. The van der Waals surface area contributed by atoms with Crippen LogP contribution in [0.25, 0.3) is 28.0 Å². The first-order valence-electron chi connectivity index (χ1n) is 10.0. The molecule has 2 aromatic carbocycles. The van der Waals surface area contributed by atoms with Gasteiger partial charge in [-0.25, -0.2) is 4.98 Å². The van der Waals surface area contributed by atoms with Crippen molar-refractivity contribution in [2.75, 3.05) is 5.32 Å². The zero-order valence-electron chi connectivity index (χ0n) is 17.5. The van der Waals surface area contributed by atoms with Crippen molar-refractivity contribution < 1.29 is 4.79 Å². The Morgan fingerprint density at radius 1 is 1.16 bits per heavy atom. The van der Waals surface area contributed by atoms with Gasteiger partial charge in [0.25, 0.3) is 0 Å². The van der Waals surface area contributed by atoms with E-state index in [0.29, 0.717) is 10.9 Å². The number of nitrogens with zero attached hydrogens (tertiary/aromatic N) is 4. The van der Waals surface area contributed by atoms with E-state index in [2.05, 4.69) is 61.2 Å². The van der Waals surface area contributed by atoms with Gasteiger partial charge in [0.1, 0.15) is 0 Å². The van der Waals surface area contributed by atoms with Crippen LogP contribution in [0.15, 0.2) is 65.3 Å². The second kappa shape index (κ2) is 8.60. The molecule has 0 aliphatic carbocycles. The minimum Gasteiger partial charge on any atom is -0.360 e. The summed E-state index contributed by atoms with van der Waals surface area (Å²) in [5.74, 6) is 1.28. The number of aromatic nitrogens is 5. The lowest BCUT2D eigenvalue weighted by Gasteiger charge is -2.12. The number of nitrogens with one attached hydrogen (secondary N) is 2. The first-order valence-corrected chi connectivity index (χ1v) is 11.9. The fraction of sp³-hybridized carbons (Fsp3) is 0.130. The third-order valence-corrected chi connectivity index (χ3v) is 6.77. The predicted octanol–water partition coefficient (Wildman–Crippen LogP) is 5.43. The van der Waals surface area contributed by atoms with E-state index in [0.717, 1.165) is 44.4 Å². The Morgan fingerprint density at radius 2 is 1.97 bits per heavy atom. The summed E-state index contributed by atoms with van der Waals surface area (Å²) in [7, 11) is 0. The normalized spacial score (nSPS) is 11.2. The molecule has 9 heteroatoms. The maximum absolute atomic E-state index is 11.3. The predicted molar refractivity (Wildman–Crippen MR) is 129 cm³/mol. The number of carbonyl (C=O) groups excluding carboxylic acids is 1. The Morgan fingerprint density at radius 3 is 2.81 bits per heavy atom. The Labute approximate surface area is 192 Å². The molecule has 5 aromatic rings. The Kier molecular flexibility index (Phi) is 5.50. The highest BCUT2D eigenvalue weighted by Gasteiger charge is 2.20. The van der Waals surface area contributed by atoms with E-state index in [1.807, 2.05) is 35.8 Å². The van der Waals surface area contributed by atoms with Crippen molar-refractivity contribution in [3.8, 4) is 17.1 Å². The summed E-state index contributed by atoms with van der Waals surface area (Å²) < 4.78 is 2.11. The molecule has 0 radical (unpaired) electrons. The average molecular weight is 461 g/mol. The van der Waals surface area contributed by atoms with Gasteiger partial charge in [-0.05, 0) is 24.6 Å². The van der Waals surface area contributed by atoms with Crippen LogP contribution in [0.3, 0.4) is 0 Å². The largest absolute Gasteiger partial charge is 0.360 e. The molecule has 0 saturated heterocycles. The van der Waals surface area contributed by atoms with Gasteiger partial charge >= 0.3 is 0 Å². The van der Waals surface area contributed by atoms with Crippen molar-refractivity contribution in [1.29, 1.82) is 0 Å². The van der Waals surface area contributed by atoms with Gasteiger partial charge in [-0.3, -0.25) is 9.36 Å². The first-order chi connectivity index (χ1) is 15.6. The smallest absolute Gasteiger partial charge is 0.223 e. The quantitative estimate of drug-likeness (QED) is 0.330. The number of amides is 1. The van der Waals surface area contributed by atoms with E-state index in [9.17, 15) is 4.79 Å². The molecule has 1 amide bonds. The molecule has 0 bridgehead atoms. The minimum absolute atomic E-state index is 0.124. The topological polar surface area (TPSA) is 88.5 Å². The number of thioether (sulfide) groups is 1. The van der Waals surface area contributed by atoms with Gasteiger partial charge in [-0.2, -0.15) is 0 Å². The van der Waals surface area contributed by atoms with Gasteiger partial charge in [0.05, 0.1) is 11.4 Å². The van der Waals surface area contributed by atoms with Crippen molar-refractivity contribution in [3.63, 3.8) is 0 Å². The van der Waals surface area contributed by atoms with Crippen LogP contribution in [-0.2, 0) is 10.5 Å². The molecule has 0 spiro atoms. The average Bonchev–Trinajstić information content (AvgIpc) is 3.50. The fourth-order valence-corrected chi connectivity index (χ4v) is 5.24. The van der Waals surface area contributed by atoms with Crippen LogP contribution in [0, 0.1) is 6.92 Å². The van der Waals surface area contributed by atoms with Crippen LogP contribution in [0.4, 0.5) is 5.13 Å². The van der Waals surface area contributed by atoms with Crippen molar-refractivity contribution >= 4 is 45.0 Å². The number of para-hydroxylation sites is 2. The van der Waals surface area contributed by atoms with Crippen LogP contribution in [0.2, 0.25) is 0 Å². The molecule has 7 nitrogen and oxygen atoms in total. The SMILES string of the molecule is CC(=O)Nc1nc(CSc2nnc(-c3c[nH]c4ccccc34)n2-c2ccccc2C)cs1. The third-order valence-electron chi connectivity index (χ3n) is 5.00. The highest BCUT2D eigenvalue weighted by Crippen LogP contribution is 2.34. The van der Waals surface area contributed by atoms with Gasteiger partial charge < -0.3 is 10.3 Å². The monoisotopic (exact) mass is 460 g/mol. The lowest BCUT2D eigenvalue weighted by molar-refractivity contribution is -0.114. The number of carbonyl (C=O) groups is 1. The number of aromatic amines is 1. The van der Waals surface area contributed by atoms with Crippen LogP contribution >= 0.6 is 23.1 Å². The highest BCUT2D eigenvalue weighted by atomic mass is 32.2. The number of hydrogen-bond acceptors (Lipinski definition) is 6. The van der Waals surface area contributed by atoms with Crippen LogP contribution in [0.5, 0.6) is 0 Å². The van der Waals surface area contributed by atoms with Crippen molar-refractivity contribution in [3.05, 3.63) is 71.4 Å². The second-order valence-electron chi connectivity index (χ2n) is 7.29. The van der Waals surface area contributed by atoms with E-state index in [-0.39, 0.29) is 5.91 Å². The molecular formula is C23H20N6OS2. The number of benzene rings is 2. The molecule has 2 N–H and O–H groups in total. The number of thiazole rings is 1. The molecular weight excluding hydrogens is 440 g/mol. The summed E-state index contributed by atoms with van der Waals surface area (Å²) in [6, 6.07) is 16.4. The summed E-state index contributed by atoms with van der Waals surface area (Å²) >= 11 is 2.99. The summed E-state index contributed by atoms with van der Waals surface area (Å²) in [5, 5.41) is 16.3. The van der Waals surface area contributed by atoms with E-state index in [1.54, 1.807) is 11.8 Å². The molecule has 0 fully saturated rings. The maximum atomic E-state index is 11.3. The molecule has 3 heterocycles. The van der Waals surface area contributed by atoms with Gasteiger partial charge in [0.2, 0.25) is 5.91 Å². The van der Waals surface area contributed by atoms with E-state index >= 15 is 0 Å². The molecule has 0 atom stereocenters. The summed E-state index contributed by atoms with van der Waals surface area (Å²) in [6.07, 6.45) is 1.98.